The van der Waals surface area contributed by atoms with Crippen LogP contribution in [0, 0.1) is 0 Å². The van der Waals surface area contributed by atoms with Gasteiger partial charge in [0.15, 0.2) is 0 Å². The van der Waals surface area contributed by atoms with Gasteiger partial charge in [-0.1, -0.05) is 13.0 Å². The third-order valence-corrected chi connectivity index (χ3v) is 3.93. The number of hydrogen-bond donors (Lipinski definition) is 2. The van der Waals surface area contributed by atoms with Crippen molar-refractivity contribution in [2.45, 2.75) is 51.6 Å². The summed E-state index contributed by atoms with van der Waals surface area (Å²) >= 11 is 0. The Balaban J connectivity index is 1.91. The minimum Gasteiger partial charge on any atom is -0.396 e. The molecule has 0 saturated carbocycles. The maximum Gasteiger partial charge on any atom is 0.128 e. The first kappa shape index (κ1) is 15.3. The van der Waals surface area contributed by atoms with Crippen molar-refractivity contribution in [1.29, 1.82) is 0 Å². The van der Waals surface area contributed by atoms with Crippen LogP contribution < -0.4 is 10.2 Å². The Hall–Kier alpha value is -1.13. The van der Waals surface area contributed by atoms with Crippen LogP contribution in [0.1, 0.15) is 44.6 Å². The van der Waals surface area contributed by atoms with Gasteiger partial charge in [0.25, 0.3) is 0 Å². The summed E-state index contributed by atoms with van der Waals surface area (Å²) in [6, 6.07) is 4.87. The molecule has 2 heterocycles. The Morgan fingerprint density at radius 3 is 3.05 bits per heavy atom. The molecule has 1 aliphatic heterocycles. The van der Waals surface area contributed by atoms with E-state index >= 15 is 0 Å². The molecule has 0 bridgehead atoms. The average Bonchev–Trinajstić information content (AvgIpc) is 2.94. The molecule has 4 heteroatoms. The summed E-state index contributed by atoms with van der Waals surface area (Å²) in [5.41, 5.74) is 1.24. The second-order valence-corrected chi connectivity index (χ2v) is 5.56. The summed E-state index contributed by atoms with van der Waals surface area (Å²) in [5.74, 6) is 1.09. The number of aliphatic hydroxyl groups is 1. The molecule has 0 amide bonds. The Bertz CT molecular complexity index is 380. The average molecular weight is 277 g/mol. The van der Waals surface area contributed by atoms with Crippen LogP contribution in [-0.4, -0.2) is 35.8 Å². The number of aromatic nitrogens is 1. The number of anilines is 1. The molecule has 1 aliphatic rings. The first-order valence-electron chi connectivity index (χ1n) is 7.88. The van der Waals surface area contributed by atoms with Gasteiger partial charge in [-0.2, -0.15) is 0 Å². The highest BCUT2D eigenvalue weighted by atomic mass is 16.2. The number of hydrogen-bond acceptors (Lipinski definition) is 4. The molecule has 0 aromatic carbocycles. The summed E-state index contributed by atoms with van der Waals surface area (Å²) in [5, 5.41) is 12.4. The van der Waals surface area contributed by atoms with Crippen LogP contribution in [0.4, 0.5) is 5.82 Å². The quantitative estimate of drug-likeness (QED) is 0.716. The first-order chi connectivity index (χ1) is 9.85. The fourth-order valence-electron chi connectivity index (χ4n) is 2.87. The molecule has 4 nitrogen and oxygen atoms in total. The van der Waals surface area contributed by atoms with E-state index in [-0.39, 0.29) is 0 Å². The molecule has 1 aromatic heterocycles. The minimum absolute atomic E-state index is 0.291. The first-order valence-corrected chi connectivity index (χ1v) is 7.88. The van der Waals surface area contributed by atoms with Gasteiger partial charge in [-0.15, -0.1) is 0 Å². The second-order valence-electron chi connectivity index (χ2n) is 5.56. The van der Waals surface area contributed by atoms with Gasteiger partial charge < -0.3 is 15.3 Å². The van der Waals surface area contributed by atoms with Gasteiger partial charge in [-0.3, -0.25) is 0 Å². The summed E-state index contributed by atoms with van der Waals surface area (Å²) < 4.78 is 0. The molecule has 20 heavy (non-hydrogen) atoms. The van der Waals surface area contributed by atoms with Gasteiger partial charge in [-0.05, 0) is 50.3 Å². The highest BCUT2D eigenvalue weighted by Gasteiger charge is 2.24. The van der Waals surface area contributed by atoms with Crippen molar-refractivity contribution < 1.29 is 5.11 Å². The van der Waals surface area contributed by atoms with Crippen molar-refractivity contribution in [3.63, 3.8) is 0 Å². The van der Waals surface area contributed by atoms with Crippen LogP contribution >= 0.6 is 0 Å². The van der Waals surface area contributed by atoms with Crippen LogP contribution in [0.5, 0.6) is 0 Å². The van der Waals surface area contributed by atoms with E-state index in [4.69, 9.17) is 5.11 Å². The second kappa shape index (κ2) is 8.22. The highest BCUT2D eigenvalue weighted by molar-refractivity contribution is 5.41. The number of rotatable bonds is 8. The standard InChI is InChI=1S/C16H27N3O/c1-2-9-17-12-14-7-8-16(18-13-14)19-10-3-5-15(19)6-4-11-20/h7-8,13,15,17,20H,2-6,9-12H2,1H3. The Morgan fingerprint density at radius 1 is 1.45 bits per heavy atom. The number of pyridine rings is 1. The summed E-state index contributed by atoms with van der Waals surface area (Å²) in [6.07, 6.45) is 7.56. The van der Waals surface area contributed by atoms with Crippen molar-refractivity contribution in [1.82, 2.24) is 10.3 Å². The van der Waals surface area contributed by atoms with E-state index in [1.807, 2.05) is 6.20 Å². The smallest absolute Gasteiger partial charge is 0.128 e. The molecule has 0 aliphatic carbocycles. The van der Waals surface area contributed by atoms with Gasteiger partial charge >= 0.3 is 0 Å². The fourth-order valence-corrected chi connectivity index (χ4v) is 2.87. The van der Waals surface area contributed by atoms with Gasteiger partial charge in [0.1, 0.15) is 5.82 Å². The lowest BCUT2D eigenvalue weighted by atomic mass is 10.1. The third kappa shape index (κ3) is 4.18. The summed E-state index contributed by atoms with van der Waals surface area (Å²) in [7, 11) is 0. The molecule has 2 rings (SSSR count). The van der Waals surface area contributed by atoms with E-state index in [0.717, 1.165) is 44.7 Å². The SMILES string of the molecule is CCCNCc1ccc(N2CCCC2CCCO)nc1. The van der Waals surface area contributed by atoms with Crippen molar-refractivity contribution in [2.75, 3.05) is 24.6 Å². The third-order valence-electron chi connectivity index (χ3n) is 3.93. The van der Waals surface area contributed by atoms with E-state index in [1.165, 1.54) is 18.4 Å². The Kier molecular flexibility index (Phi) is 6.27. The molecular weight excluding hydrogens is 250 g/mol. The minimum atomic E-state index is 0.291. The van der Waals surface area contributed by atoms with Gasteiger partial charge in [0, 0.05) is 31.9 Å². The molecule has 1 aromatic rings. The lowest BCUT2D eigenvalue weighted by molar-refractivity contribution is 0.279. The van der Waals surface area contributed by atoms with Crippen LogP contribution in [0.25, 0.3) is 0 Å². The van der Waals surface area contributed by atoms with E-state index in [1.54, 1.807) is 0 Å². The van der Waals surface area contributed by atoms with E-state index < -0.39 is 0 Å². The van der Waals surface area contributed by atoms with Gasteiger partial charge in [0.2, 0.25) is 0 Å². The molecule has 1 fully saturated rings. The van der Waals surface area contributed by atoms with Crippen LogP contribution in [-0.2, 0) is 6.54 Å². The van der Waals surface area contributed by atoms with Gasteiger partial charge in [0.05, 0.1) is 0 Å². The normalized spacial score (nSPS) is 18.7. The number of nitrogens with one attached hydrogen (secondary N) is 1. The monoisotopic (exact) mass is 277 g/mol. The lowest BCUT2D eigenvalue weighted by Gasteiger charge is -2.25. The van der Waals surface area contributed by atoms with E-state index in [9.17, 15) is 0 Å². The predicted molar refractivity (Wildman–Crippen MR) is 82.9 cm³/mol. The summed E-state index contributed by atoms with van der Waals surface area (Å²) in [6.45, 7) is 5.51. The molecule has 0 spiro atoms. The maximum atomic E-state index is 8.98. The topological polar surface area (TPSA) is 48.4 Å². The Morgan fingerprint density at radius 2 is 2.35 bits per heavy atom. The maximum absolute atomic E-state index is 8.98. The predicted octanol–water partition coefficient (Wildman–Crippen LogP) is 2.32. The van der Waals surface area contributed by atoms with Crippen LogP contribution in [0.2, 0.25) is 0 Å². The van der Waals surface area contributed by atoms with Crippen LogP contribution in [0.15, 0.2) is 18.3 Å². The fraction of sp³-hybridized carbons (Fsp3) is 0.688. The zero-order valence-corrected chi connectivity index (χ0v) is 12.5. The van der Waals surface area contributed by atoms with E-state index in [2.05, 4.69) is 34.3 Å². The highest BCUT2D eigenvalue weighted by Crippen LogP contribution is 2.26. The zero-order chi connectivity index (χ0) is 14.2. The molecule has 112 valence electrons. The Labute approximate surface area is 122 Å². The van der Waals surface area contributed by atoms with Crippen LogP contribution in [0.3, 0.4) is 0 Å². The number of nitrogens with zero attached hydrogens (tertiary/aromatic N) is 2. The molecule has 0 radical (unpaired) electrons. The molecule has 1 atom stereocenters. The summed E-state index contributed by atoms with van der Waals surface area (Å²) in [4.78, 5) is 7.02. The van der Waals surface area contributed by atoms with Crippen molar-refractivity contribution in [3.8, 4) is 0 Å². The molecule has 1 unspecified atom stereocenters. The molecule has 2 N–H and O–H groups in total. The number of aliphatic hydroxyl groups excluding tert-OH is 1. The van der Waals surface area contributed by atoms with Crippen molar-refractivity contribution in [2.24, 2.45) is 0 Å². The van der Waals surface area contributed by atoms with Crippen molar-refractivity contribution in [3.05, 3.63) is 23.9 Å². The molecule has 1 saturated heterocycles. The van der Waals surface area contributed by atoms with Crippen molar-refractivity contribution >= 4 is 5.82 Å². The largest absolute Gasteiger partial charge is 0.396 e. The van der Waals surface area contributed by atoms with E-state index in [0.29, 0.717) is 12.6 Å². The zero-order valence-electron chi connectivity index (χ0n) is 12.5. The molecular formula is C16H27N3O. The lowest BCUT2D eigenvalue weighted by Crippen LogP contribution is -2.30. The van der Waals surface area contributed by atoms with Gasteiger partial charge in [-0.25, -0.2) is 4.98 Å².